The molecule has 0 aliphatic heterocycles. The van der Waals surface area contributed by atoms with Crippen LogP contribution in [0.25, 0.3) is 0 Å². The molecule has 2 atom stereocenters. The van der Waals surface area contributed by atoms with Crippen LogP contribution in [0.5, 0.6) is 0 Å². The number of hydrogen-bond donors (Lipinski definition) is 1. The van der Waals surface area contributed by atoms with E-state index in [4.69, 9.17) is 10.5 Å². The Morgan fingerprint density at radius 1 is 1.39 bits per heavy atom. The van der Waals surface area contributed by atoms with Crippen molar-refractivity contribution in [3.8, 4) is 0 Å². The molecular formula is C14H20FNO2. The fraction of sp³-hybridized carbons (Fsp3) is 0.500. The molecule has 2 N–H and O–H groups in total. The van der Waals surface area contributed by atoms with Gasteiger partial charge in [0.1, 0.15) is 5.82 Å². The maximum atomic E-state index is 12.8. The van der Waals surface area contributed by atoms with Gasteiger partial charge in [-0.25, -0.2) is 4.39 Å². The van der Waals surface area contributed by atoms with Gasteiger partial charge in [-0.1, -0.05) is 19.1 Å². The van der Waals surface area contributed by atoms with E-state index in [-0.39, 0.29) is 23.7 Å². The van der Waals surface area contributed by atoms with E-state index in [1.54, 1.807) is 19.1 Å². The lowest BCUT2D eigenvalue weighted by Gasteiger charge is -2.17. The number of benzene rings is 1. The summed E-state index contributed by atoms with van der Waals surface area (Å²) in [5, 5.41) is 0. The minimum atomic E-state index is -0.273. The minimum Gasteiger partial charge on any atom is -0.466 e. The van der Waals surface area contributed by atoms with E-state index in [0.29, 0.717) is 19.4 Å². The fourth-order valence-electron chi connectivity index (χ4n) is 1.87. The lowest BCUT2D eigenvalue weighted by molar-refractivity contribution is -0.144. The van der Waals surface area contributed by atoms with Gasteiger partial charge in [0.2, 0.25) is 0 Å². The van der Waals surface area contributed by atoms with Gasteiger partial charge in [0.25, 0.3) is 0 Å². The van der Waals surface area contributed by atoms with Gasteiger partial charge in [-0.15, -0.1) is 0 Å². The molecule has 0 radical (unpaired) electrons. The van der Waals surface area contributed by atoms with Crippen LogP contribution < -0.4 is 5.73 Å². The second kappa shape index (κ2) is 7.11. The molecule has 0 aliphatic rings. The van der Waals surface area contributed by atoms with E-state index in [0.717, 1.165) is 5.56 Å². The Hall–Kier alpha value is -1.42. The highest BCUT2D eigenvalue weighted by Gasteiger charge is 2.15. The fourth-order valence-corrected chi connectivity index (χ4v) is 1.87. The summed E-state index contributed by atoms with van der Waals surface area (Å²) >= 11 is 0. The normalized spacial score (nSPS) is 14.0. The molecule has 0 saturated heterocycles. The highest BCUT2D eigenvalue weighted by Crippen LogP contribution is 2.21. The van der Waals surface area contributed by atoms with Gasteiger partial charge in [-0.3, -0.25) is 4.79 Å². The van der Waals surface area contributed by atoms with Crippen molar-refractivity contribution in [3.05, 3.63) is 35.6 Å². The van der Waals surface area contributed by atoms with E-state index >= 15 is 0 Å². The van der Waals surface area contributed by atoms with Crippen LogP contribution >= 0.6 is 0 Å². The molecule has 0 amide bonds. The summed E-state index contributed by atoms with van der Waals surface area (Å²) in [6, 6.07) is 5.96. The van der Waals surface area contributed by atoms with Crippen LogP contribution in [-0.4, -0.2) is 12.6 Å². The lowest BCUT2D eigenvalue weighted by atomic mass is 9.94. The summed E-state index contributed by atoms with van der Waals surface area (Å²) in [5.74, 6) is -0.328. The first kappa shape index (κ1) is 14.6. The Kier molecular flexibility index (Phi) is 5.78. The molecule has 18 heavy (non-hydrogen) atoms. The quantitative estimate of drug-likeness (QED) is 0.793. The maximum absolute atomic E-state index is 12.8. The number of hydrogen-bond acceptors (Lipinski definition) is 3. The first-order valence-corrected chi connectivity index (χ1v) is 6.19. The van der Waals surface area contributed by atoms with Crippen LogP contribution in [-0.2, 0) is 9.53 Å². The molecule has 0 aromatic heterocycles. The molecule has 1 aromatic carbocycles. The topological polar surface area (TPSA) is 52.3 Å². The first-order valence-electron chi connectivity index (χ1n) is 6.19. The molecule has 2 unspecified atom stereocenters. The van der Waals surface area contributed by atoms with Crippen molar-refractivity contribution < 1.29 is 13.9 Å². The number of halogens is 1. The zero-order valence-corrected chi connectivity index (χ0v) is 10.9. The van der Waals surface area contributed by atoms with Crippen LogP contribution in [0, 0.1) is 11.7 Å². The zero-order chi connectivity index (χ0) is 13.5. The van der Waals surface area contributed by atoms with Gasteiger partial charge < -0.3 is 10.5 Å². The Bertz CT molecular complexity index is 378. The largest absolute Gasteiger partial charge is 0.466 e. The number of nitrogens with two attached hydrogens (primary N) is 1. The van der Waals surface area contributed by atoms with Crippen molar-refractivity contribution in [2.45, 2.75) is 32.7 Å². The van der Waals surface area contributed by atoms with E-state index in [2.05, 4.69) is 0 Å². The van der Waals surface area contributed by atoms with E-state index in [1.165, 1.54) is 12.1 Å². The van der Waals surface area contributed by atoms with Crippen molar-refractivity contribution in [2.24, 2.45) is 11.7 Å². The second-order valence-corrected chi connectivity index (χ2v) is 4.51. The Balaban J connectivity index is 2.46. The highest BCUT2D eigenvalue weighted by molar-refractivity contribution is 5.69. The molecule has 3 nitrogen and oxygen atoms in total. The molecule has 1 aromatic rings. The summed E-state index contributed by atoms with van der Waals surface area (Å²) in [6.07, 6.45) is 1.03. The summed E-state index contributed by atoms with van der Waals surface area (Å²) in [4.78, 5) is 11.3. The predicted octanol–water partition coefficient (Wildman–Crippen LogP) is 2.80. The number of ether oxygens (including phenoxy) is 1. The van der Waals surface area contributed by atoms with Gasteiger partial charge >= 0.3 is 5.97 Å². The standard InChI is InChI=1S/C14H20FNO2/c1-3-18-14(17)9-10(2)8-13(16)11-4-6-12(15)7-5-11/h4-7,10,13H,3,8-9,16H2,1-2H3. The van der Waals surface area contributed by atoms with Crippen LogP contribution in [0.3, 0.4) is 0 Å². The molecule has 1 rings (SSSR count). The third-order valence-electron chi connectivity index (χ3n) is 2.77. The van der Waals surface area contributed by atoms with Crippen molar-refractivity contribution in [1.29, 1.82) is 0 Å². The van der Waals surface area contributed by atoms with Crippen LogP contribution in [0.4, 0.5) is 4.39 Å². The van der Waals surface area contributed by atoms with Crippen molar-refractivity contribution in [2.75, 3.05) is 6.61 Å². The van der Waals surface area contributed by atoms with Gasteiger partial charge in [0.05, 0.1) is 6.61 Å². The summed E-state index contributed by atoms with van der Waals surface area (Å²) in [5.41, 5.74) is 6.90. The molecule has 0 spiro atoms. The van der Waals surface area contributed by atoms with Crippen LogP contribution in [0.1, 0.15) is 38.3 Å². The van der Waals surface area contributed by atoms with E-state index in [9.17, 15) is 9.18 Å². The molecule has 0 saturated carbocycles. The van der Waals surface area contributed by atoms with Crippen LogP contribution in [0.2, 0.25) is 0 Å². The van der Waals surface area contributed by atoms with Gasteiger partial charge in [0, 0.05) is 12.5 Å². The molecule has 0 aliphatic carbocycles. The van der Waals surface area contributed by atoms with Gasteiger partial charge in [-0.05, 0) is 37.0 Å². The summed E-state index contributed by atoms with van der Waals surface area (Å²) in [6.45, 7) is 4.14. The Morgan fingerprint density at radius 2 is 2.00 bits per heavy atom. The highest BCUT2D eigenvalue weighted by atomic mass is 19.1. The molecular weight excluding hydrogens is 233 g/mol. The predicted molar refractivity (Wildman–Crippen MR) is 68.4 cm³/mol. The monoisotopic (exact) mass is 253 g/mol. The maximum Gasteiger partial charge on any atom is 0.306 e. The smallest absolute Gasteiger partial charge is 0.306 e. The van der Waals surface area contributed by atoms with E-state index < -0.39 is 0 Å². The Labute approximate surface area is 107 Å². The zero-order valence-electron chi connectivity index (χ0n) is 10.9. The number of carbonyl (C=O) groups is 1. The van der Waals surface area contributed by atoms with Gasteiger partial charge in [-0.2, -0.15) is 0 Å². The second-order valence-electron chi connectivity index (χ2n) is 4.51. The minimum absolute atomic E-state index is 0.143. The Morgan fingerprint density at radius 3 is 2.56 bits per heavy atom. The van der Waals surface area contributed by atoms with Crippen molar-refractivity contribution in [1.82, 2.24) is 0 Å². The summed E-state index contributed by atoms with van der Waals surface area (Å²) in [7, 11) is 0. The molecule has 0 bridgehead atoms. The third kappa shape index (κ3) is 4.84. The number of carbonyl (C=O) groups excluding carboxylic acids is 1. The molecule has 0 heterocycles. The van der Waals surface area contributed by atoms with Crippen LogP contribution in [0.15, 0.2) is 24.3 Å². The van der Waals surface area contributed by atoms with Crippen molar-refractivity contribution >= 4 is 5.97 Å². The average Bonchev–Trinajstić information content (AvgIpc) is 2.29. The van der Waals surface area contributed by atoms with Crippen molar-refractivity contribution in [3.63, 3.8) is 0 Å². The SMILES string of the molecule is CCOC(=O)CC(C)CC(N)c1ccc(F)cc1. The first-order chi connectivity index (χ1) is 8.52. The van der Waals surface area contributed by atoms with Gasteiger partial charge in [0.15, 0.2) is 0 Å². The molecule has 4 heteroatoms. The lowest BCUT2D eigenvalue weighted by Crippen LogP contribution is -2.17. The number of esters is 1. The number of rotatable bonds is 6. The average molecular weight is 253 g/mol. The van der Waals surface area contributed by atoms with E-state index in [1.807, 2.05) is 6.92 Å². The molecule has 100 valence electrons. The third-order valence-corrected chi connectivity index (χ3v) is 2.77. The molecule has 0 fully saturated rings. The summed E-state index contributed by atoms with van der Waals surface area (Å²) < 4.78 is 17.7.